The summed E-state index contributed by atoms with van der Waals surface area (Å²) in [4.78, 5) is 0. The lowest BCUT2D eigenvalue weighted by Gasteiger charge is -2.24. The molecule has 1 aliphatic rings. The van der Waals surface area contributed by atoms with E-state index < -0.39 is 0 Å². The Hall–Kier alpha value is -5.46. The maximum absolute atomic E-state index is 2.34. The molecule has 1 unspecified atom stereocenters. The molecular formula is C64H86. The van der Waals surface area contributed by atoms with E-state index in [1.807, 2.05) is 32.0 Å². The first-order chi connectivity index (χ1) is 31.1. The second-order valence-corrected chi connectivity index (χ2v) is 16.2. The predicted molar refractivity (Wildman–Crippen MR) is 292 cm³/mol. The molecule has 0 amide bonds. The Morgan fingerprint density at radius 3 is 1.59 bits per heavy atom. The molecule has 0 aliphatic heterocycles. The molecule has 0 bridgehead atoms. The van der Waals surface area contributed by atoms with Gasteiger partial charge >= 0.3 is 0 Å². The minimum absolute atomic E-state index is 0.543. The molecular weight excluding hydrogens is 769 g/mol. The molecule has 0 radical (unpaired) electrons. The van der Waals surface area contributed by atoms with Crippen LogP contribution in [-0.4, -0.2) is 0 Å². The summed E-state index contributed by atoms with van der Waals surface area (Å²) in [6.07, 6.45) is 26.2. The topological polar surface area (TPSA) is 0 Å². The Kier molecular flexibility index (Phi) is 30.9. The highest BCUT2D eigenvalue weighted by Gasteiger charge is 2.19. The lowest BCUT2D eigenvalue weighted by atomic mass is 9.80. The lowest BCUT2D eigenvalue weighted by molar-refractivity contribution is 0.774. The van der Waals surface area contributed by atoms with Gasteiger partial charge in [0, 0.05) is 5.92 Å². The summed E-state index contributed by atoms with van der Waals surface area (Å²) in [6.45, 7) is 30.0. The SMILES string of the molecule is C/C=C\C(=C/CC)c1cc(-c2ccccc2)cc(-c2ccc(C)cc2)c1.CC.CC/C=C(C)\C=C/CC1=C(C)C(c2ccccc2C)CC=C1.CCC.CCCC.Cc1ccccc1. The average molecular weight is 855 g/mol. The van der Waals surface area contributed by atoms with Crippen LogP contribution in [0.5, 0.6) is 0 Å². The molecule has 0 heterocycles. The first-order valence-electron chi connectivity index (χ1n) is 24.4. The molecule has 0 nitrogen and oxygen atoms in total. The second kappa shape index (κ2) is 35.0. The molecule has 0 aromatic heterocycles. The molecule has 0 saturated carbocycles. The standard InChI is InChI=1S/C26H26.C22H28.C7H8.C4H10.C3H8.C2H6/c1-4-9-21(10-5-2)24-17-25(22-11-7-6-8-12-22)19-26(18-24)23-15-13-20(3)14-16-23;1-5-10-17(2)11-8-13-20-14-9-16-22(19(20)4)21-15-7-6-12-18(21)3;1-7-5-3-2-4-6-7;1-3-4-2;1-3-2;1-2/h4,6-19H,5H2,1-3H3;6-12,14-15,22H,5,13,16H2,1-4H3;2-6H,1H3;3-4H2,1-2H3;3H2,1-2H3;1-2H3/b9-4-,21-10+;11-8-,17-10-;;;;. The van der Waals surface area contributed by atoms with Gasteiger partial charge in [0.2, 0.25) is 0 Å². The van der Waals surface area contributed by atoms with E-state index in [-0.39, 0.29) is 0 Å². The van der Waals surface area contributed by atoms with Crippen molar-refractivity contribution in [3.05, 3.63) is 221 Å². The Morgan fingerprint density at radius 2 is 1.09 bits per heavy atom. The quantitative estimate of drug-likeness (QED) is 0.116. The molecule has 1 aliphatic carbocycles. The second-order valence-electron chi connectivity index (χ2n) is 16.2. The van der Waals surface area contributed by atoms with E-state index in [1.54, 1.807) is 0 Å². The monoisotopic (exact) mass is 855 g/mol. The van der Waals surface area contributed by atoms with Crippen molar-refractivity contribution in [2.24, 2.45) is 0 Å². The zero-order valence-electron chi connectivity index (χ0n) is 42.8. The first-order valence-corrected chi connectivity index (χ1v) is 24.4. The Balaban J connectivity index is 0.000000482. The van der Waals surface area contributed by atoms with E-state index in [0.717, 1.165) is 25.7 Å². The summed E-state index contributed by atoms with van der Waals surface area (Å²) in [5.41, 5.74) is 17.4. The molecule has 0 heteroatoms. The van der Waals surface area contributed by atoms with Gasteiger partial charge in [0.25, 0.3) is 0 Å². The zero-order valence-corrected chi connectivity index (χ0v) is 42.8. The number of benzene rings is 5. The third-order valence-electron chi connectivity index (χ3n) is 10.5. The molecule has 1 atom stereocenters. The molecule has 5 aromatic rings. The van der Waals surface area contributed by atoms with Crippen molar-refractivity contribution in [3.63, 3.8) is 0 Å². The van der Waals surface area contributed by atoms with E-state index in [4.69, 9.17) is 0 Å². The smallest absolute Gasteiger partial charge is 0.00885 e. The van der Waals surface area contributed by atoms with Crippen molar-refractivity contribution in [2.75, 3.05) is 0 Å². The minimum Gasteiger partial charge on any atom is -0.0871 e. The van der Waals surface area contributed by atoms with Crippen LogP contribution in [0.2, 0.25) is 0 Å². The molecule has 0 spiro atoms. The Morgan fingerprint density at radius 1 is 0.578 bits per heavy atom. The van der Waals surface area contributed by atoms with Crippen LogP contribution in [0.3, 0.4) is 0 Å². The fourth-order valence-electron chi connectivity index (χ4n) is 6.93. The molecule has 342 valence electrons. The lowest BCUT2D eigenvalue weighted by Crippen LogP contribution is -2.07. The van der Waals surface area contributed by atoms with E-state index in [0.29, 0.717) is 5.92 Å². The highest BCUT2D eigenvalue weighted by atomic mass is 14.2. The Labute approximate surface area is 394 Å². The van der Waals surface area contributed by atoms with Gasteiger partial charge in [-0.15, -0.1) is 0 Å². The third-order valence-corrected chi connectivity index (χ3v) is 10.5. The summed E-state index contributed by atoms with van der Waals surface area (Å²) in [7, 11) is 0. The molecule has 5 aromatic carbocycles. The molecule has 0 N–H and O–H groups in total. The highest BCUT2D eigenvalue weighted by molar-refractivity contribution is 5.83. The first kappa shape index (κ1) is 56.6. The van der Waals surface area contributed by atoms with Gasteiger partial charge in [0.15, 0.2) is 0 Å². The van der Waals surface area contributed by atoms with Crippen molar-refractivity contribution in [3.8, 4) is 22.3 Å². The van der Waals surface area contributed by atoms with Gasteiger partial charge in [0.1, 0.15) is 0 Å². The summed E-state index contributed by atoms with van der Waals surface area (Å²) in [5, 5.41) is 0. The molecule has 64 heavy (non-hydrogen) atoms. The number of aryl methyl sites for hydroxylation is 3. The van der Waals surface area contributed by atoms with Gasteiger partial charge in [-0.2, -0.15) is 0 Å². The number of unbranched alkanes of at least 4 members (excludes halogenated alkanes) is 1. The molecule has 0 saturated heterocycles. The summed E-state index contributed by atoms with van der Waals surface area (Å²) in [6, 6.07) is 45.4. The maximum atomic E-state index is 2.34. The van der Waals surface area contributed by atoms with Gasteiger partial charge in [-0.3, -0.25) is 0 Å². The average Bonchev–Trinajstić information content (AvgIpc) is 3.32. The van der Waals surface area contributed by atoms with Gasteiger partial charge in [-0.25, -0.2) is 0 Å². The van der Waals surface area contributed by atoms with Crippen LogP contribution >= 0.6 is 0 Å². The van der Waals surface area contributed by atoms with E-state index >= 15 is 0 Å². The predicted octanol–water partition coefficient (Wildman–Crippen LogP) is 20.6. The summed E-state index contributed by atoms with van der Waals surface area (Å²) in [5.74, 6) is 0.543. The summed E-state index contributed by atoms with van der Waals surface area (Å²) < 4.78 is 0. The number of hydrogen-bond acceptors (Lipinski definition) is 0. The van der Waals surface area contributed by atoms with Gasteiger partial charge in [-0.1, -0.05) is 255 Å². The van der Waals surface area contributed by atoms with E-state index in [1.165, 1.54) is 91.6 Å². The van der Waals surface area contributed by atoms with Crippen LogP contribution in [0.4, 0.5) is 0 Å². The van der Waals surface area contributed by atoms with Crippen molar-refractivity contribution >= 4 is 5.57 Å². The van der Waals surface area contributed by atoms with E-state index in [9.17, 15) is 0 Å². The van der Waals surface area contributed by atoms with Gasteiger partial charge < -0.3 is 0 Å². The maximum Gasteiger partial charge on any atom is 0.00885 e. The van der Waals surface area contributed by atoms with Crippen LogP contribution < -0.4 is 0 Å². The molecule has 6 rings (SSSR count). The number of hydrogen-bond donors (Lipinski definition) is 0. The van der Waals surface area contributed by atoms with Crippen LogP contribution in [0.25, 0.3) is 27.8 Å². The van der Waals surface area contributed by atoms with Crippen molar-refractivity contribution in [2.45, 2.75) is 148 Å². The highest BCUT2D eigenvalue weighted by Crippen LogP contribution is 2.37. The van der Waals surface area contributed by atoms with E-state index in [2.05, 4.69) is 241 Å². The third kappa shape index (κ3) is 21.8. The van der Waals surface area contributed by atoms with Crippen molar-refractivity contribution in [1.29, 1.82) is 0 Å². The van der Waals surface area contributed by atoms with Gasteiger partial charge in [0.05, 0.1) is 0 Å². The zero-order chi connectivity index (χ0) is 47.5. The van der Waals surface area contributed by atoms with Gasteiger partial charge in [-0.05, 0) is 136 Å². The van der Waals surface area contributed by atoms with Crippen LogP contribution in [0, 0.1) is 20.8 Å². The van der Waals surface area contributed by atoms with Crippen LogP contribution in [0.1, 0.15) is 155 Å². The van der Waals surface area contributed by atoms with Crippen molar-refractivity contribution in [1.82, 2.24) is 0 Å². The fourth-order valence-corrected chi connectivity index (χ4v) is 6.93. The molecule has 0 fully saturated rings. The number of allylic oxidation sites excluding steroid dienone is 12. The minimum atomic E-state index is 0.543. The normalized spacial score (nSPS) is 13.2. The largest absolute Gasteiger partial charge is 0.0871 e. The van der Waals surface area contributed by atoms with Crippen LogP contribution in [-0.2, 0) is 0 Å². The van der Waals surface area contributed by atoms with Crippen molar-refractivity contribution < 1.29 is 0 Å². The Bertz CT molecular complexity index is 2150. The number of rotatable bonds is 11. The summed E-state index contributed by atoms with van der Waals surface area (Å²) >= 11 is 0. The van der Waals surface area contributed by atoms with Crippen LogP contribution in [0.15, 0.2) is 193 Å². The fraction of sp³-hybridized carbons (Fsp3) is 0.344.